The average molecular weight is 237 g/mol. The third kappa shape index (κ3) is 1.80. The molecule has 1 aliphatic rings. The molecule has 0 fully saturated rings. The van der Waals surface area contributed by atoms with E-state index in [4.69, 9.17) is 0 Å². The Balaban J connectivity index is 2.46. The first-order valence-electron chi connectivity index (χ1n) is 4.74. The van der Waals surface area contributed by atoms with Crippen molar-refractivity contribution in [2.75, 3.05) is 6.54 Å². The van der Waals surface area contributed by atoms with Crippen LogP contribution in [0.5, 0.6) is 0 Å². The molecule has 0 aliphatic carbocycles. The minimum absolute atomic E-state index is 0.0172. The topological polar surface area (TPSA) is 107 Å². The van der Waals surface area contributed by atoms with E-state index in [9.17, 15) is 25.0 Å². The molecule has 1 aromatic carbocycles. The molecular weight excluding hydrogens is 230 g/mol. The molecule has 1 heterocycles. The molecule has 1 amide bonds. The largest absolute Gasteiger partial charge is 0.314 e. The fourth-order valence-corrected chi connectivity index (χ4v) is 1.72. The van der Waals surface area contributed by atoms with Crippen LogP contribution in [-0.2, 0) is 6.42 Å². The van der Waals surface area contributed by atoms with Gasteiger partial charge >= 0.3 is 5.91 Å². The summed E-state index contributed by atoms with van der Waals surface area (Å²) in [7, 11) is 0. The average Bonchev–Trinajstić information content (AvgIpc) is 2.28. The number of amides is 1. The van der Waals surface area contributed by atoms with Gasteiger partial charge in [-0.25, -0.2) is 10.1 Å². The molecule has 2 rings (SSSR count). The molecule has 0 atom stereocenters. The number of hydrogen-bond donors (Lipinski definition) is 0. The van der Waals surface area contributed by atoms with Crippen molar-refractivity contribution in [2.24, 2.45) is 0 Å². The van der Waals surface area contributed by atoms with Gasteiger partial charge in [-0.2, -0.15) is 0 Å². The van der Waals surface area contributed by atoms with Crippen molar-refractivity contribution < 1.29 is 14.8 Å². The number of hydrazine groups is 1. The van der Waals surface area contributed by atoms with E-state index in [0.717, 1.165) is 6.07 Å². The summed E-state index contributed by atoms with van der Waals surface area (Å²) in [6, 6.07) is 3.82. The maximum absolute atomic E-state index is 11.7. The Labute approximate surface area is 94.7 Å². The molecule has 88 valence electrons. The molecule has 0 unspecified atom stereocenters. The number of rotatable bonds is 2. The van der Waals surface area contributed by atoms with Crippen LogP contribution in [-0.4, -0.2) is 27.4 Å². The lowest BCUT2D eigenvalue weighted by atomic mass is 9.99. The number of benzene rings is 1. The summed E-state index contributed by atoms with van der Waals surface area (Å²) in [5.41, 5.74) is 0.378. The number of non-ortho nitro benzene ring substituents is 1. The van der Waals surface area contributed by atoms with Crippen LogP contribution in [0, 0.1) is 20.2 Å². The molecule has 8 nitrogen and oxygen atoms in total. The first-order chi connectivity index (χ1) is 8.00. The van der Waals surface area contributed by atoms with Gasteiger partial charge in [-0.3, -0.25) is 14.9 Å². The minimum Gasteiger partial charge on any atom is -0.263 e. The van der Waals surface area contributed by atoms with Gasteiger partial charge in [0.2, 0.25) is 0 Å². The Morgan fingerprint density at radius 1 is 1.24 bits per heavy atom. The molecule has 0 bridgehead atoms. The van der Waals surface area contributed by atoms with Gasteiger partial charge in [0.05, 0.1) is 17.0 Å². The lowest BCUT2D eigenvalue weighted by molar-refractivity contribution is -0.632. The highest BCUT2D eigenvalue weighted by Gasteiger charge is 2.33. The molecule has 17 heavy (non-hydrogen) atoms. The summed E-state index contributed by atoms with van der Waals surface area (Å²) < 4.78 is 0. The highest BCUT2D eigenvalue weighted by Crippen LogP contribution is 2.23. The van der Waals surface area contributed by atoms with Gasteiger partial charge in [0.25, 0.3) is 5.69 Å². The summed E-state index contributed by atoms with van der Waals surface area (Å²) >= 11 is 0. The van der Waals surface area contributed by atoms with Crippen LogP contribution >= 0.6 is 0 Å². The number of fused-ring (bicyclic) bond motifs is 1. The molecule has 0 saturated carbocycles. The third-order valence-electron chi connectivity index (χ3n) is 2.56. The van der Waals surface area contributed by atoms with E-state index in [1.807, 2.05) is 0 Å². The molecule has 0 saturated heterocycles. The minimum atomic E-state index is -0.806. The lowest BCUT2D eigenvalue weighted by Gasteiger charge is -2.19. The Morgan fingerprint density at radius 2 is 1.94 bits per heavy atom. The van der Waals surface area contributed by atoms with Gasteiger partial charge in [-0.05, 0) is 12.0 Å². The van der Waals surface area contributed by atoms with Gasteiger partial charge < -0.3 is 0 Å². The molecule has 1 aliphatic heterocycles. The van der Waals surface area contributed by atoms with Crippen molar-refractivity contribution >= 4 is 11.6 Å². The van der Waals surface area contributed by atoms with Crippen LogP contribution in [0.15, 0.2) is 18.2 Å². The monoisotopic (exact) mass is 237 g/mol. The van der Waals surface area contributed by atoms with Gasteiger partial charge in [0, 0.05) is 12.1 Å². The number of carbonyl (C=O) groups is 1. The second-order valence-electron chi connectivity index (χ2n) is 3.51. The number of hydrogen-bond acceptors (Lipinski definition) is 5. The first kappa shape index (κ1) is 11.0. The molecule has 0 aromatic heterocycles. The molecule has 8 heteroatoms. The van der Waals surface area contributed by atoms with Gasteiger partial charge in [0.1, 0.15) is 0 Å². The Hall–Kier alpha value is -2.51. The van der Waals surface area contributed by atoms with Gasteiger partial charge in [0.15, 0.2) is 5.03 Å². The Morgan fingerprint density at radius 3 is 2.53 bits per heavy atom. The second-order valence-corrected chi connectivity index (χ2v) is 3.51. The van der Waals surface area contributed by atoms with Gasteiger partial charge in [-0.15, -0.1) is 0 Å². The highest BCUT2D eigenvalue weighted by atomic mass is 16.7. The summed E-state index contributed by atoms with van der Waals surface area (Å²) in [5, 5.41) is 20.8. The van der Waals surface area contributed by atoms with Gasteiger partial charge in [-0.1, -0.05) is 11.1 Å². The van der Waals surface area contributed by atoms with E-state index in [0.29, 0.717) is 17.0 Å². The lowest BCUT2D eigenvalue weighted by Crippen LogP contribution is -2.41. The zero-order valence-corrected chi connectivity index (χ0v) is 8.53. The zero-order valence-electron chi connectivity index (χ0n) is 8.53. The van der Waals surface area contributed by atoms with E-state index in [2.05, 4.69) is 0 Å². The molecule has 1 aromatic rings. The maximum Gasteiger partial charge on any atom is 0.314 e. The van der Waals surface area contributed by atoms with E-state index in [-0.39, 0.29) is 17.8 Å². The van der Waals surface area contributed by atoms with Crippen molar-refractivity contribution in [3.63, 3.8) is 0 Å². The zero-order chi connectivity index (χ0) is 12.6. The molecular formula is C9H7N3O5. The van der Waals surface area contributed by atoms with Crippen molar-refractivity contribution in [1.29, 1.82) is 0 Å². The van der Waals surface area contributed by atoms with Crippen LogP contribution in [0.2, 0.25) is 0 Å². The van der Waals surface area contributed by atoms with Crippen LogP contribution in [0.4, 0.5) is 5.69 Å². The normalized spacial score (nSPS) is 14.4. The summed E-state index contributed by atoms with van der Waals surface area (Å²) in [4.78, 5) is 32.2. The standard InChI is InChI=1S/C9H7N3O5/c13-9-8-5-7(11(14)15)2-1-6(8)3-4-10(9)12(16)17/h1-2,5H,3-4H2. The van der Waals surface area contributed by atoms with Crippen LogP contribution in [0.3, 0.4) is 0 Å². The molecule has 0 radical (unpaired) electrons. The predicted octanol–water partition coefficient (Wildman–Crippen LogP) is 0.785. The van der Waals surface area contributed by atoms with E-state index in [1.165, 1.54) is 12.1 Å². The molecule has 0 spiro atoms. The first-order valence-corrected chi connectivity index (χ1v) is 4.74. The number of nitro groups is 2. The third-order valence-corrected chi connectivity index (χ3v) is 2.56. The van der Waals surface area contributed by atoms with Crippen LogP contribution in [0.1, 0.15) is 15.9 Å². The Bertz CT molecular complexity index is 527. The SMILES string of the molecule is O=C1c2cc([N+](=O)[O-])ccc2CCN1[N+](=O)[O-]. The van der Waals surface area contributed by atoms with Crippen molar-refractivity contribution in [1.82, 2.24) is 5.01 Å². The predicted molar refractivity (Wildman–Crippen MR) is 54.8 cm³/mol. The quantitative estimate of drug-likeness (QED) is 0.558. The molecule has 0 N–H and O–H groups in total. The summed E-state index contributed by atoms with van der Waals surface area (Å²) in [6.45, 7) is -0.0172. The maximum atomic E-state index is 11.7. The smallest absolute Gasteiger partial charge is 0.263 e. The number of nitrogens with zero attached hydrogens (tertiary/aromatic N) is 3. The van der Waals surface area contributed by atoms with Crippen molar-refractivity contribution in [3.05, 3.63) is 49.6 Å². The fraction of sp³-hybridized carbons (Fsp3) is 0.222. The summed E-state index contributed by atoms with van der Waals surface area (Å²) in [6.07, 6.45) is 0.319. The van der Waals surface area contributed by atoms with E-state index >= 15 is 0 Å². The highest BCUT2D eigenvalue weighted by molar-refractivity contribution is 5.96. The van der Waals surface area contributed by atoms with Crippen molar-refractivity contribution in [3.8, 4) is 0 Å². The van der Waals surface area contributed by atoms with E-state index < -0.39 is 15.9 Å². The number of carbonyl (C=O) groups excluding carboxylic acids is 1. The second kappa shape index (κ2) is 3.81. The van der Waals surface area contributed by atoms with E-state index in [1.54, 1.807) is 0 Å². The Kier molecular flexibility index (Phi) is 2.47. The van der Waals surface area contributed by atoms with Crippen molar-refractivity contribution in [2.45, 2.75) is 6.42 Å². The van der Waals surface area contributed by atoms with Crippen LogP contribution < -0.4 is 0 Å². The van der Waals surface area contributed by atoms with Crippen LogP contribution in [0.25, 0.3) is 0 Å². The number of nitro benzene ring substituents is 1. The fourth-order valence-electron chi connectivity index (χ4n) is 1.72. The summed E-state index contributed by atoms with van der Waals surface area (Å²) in [5.74, 6) is -0.806.